The molecule has 0 atom stereocenters. The number of terminal acetylenes is 1. The minimum Gasteiger partial charge on any atom is -0.383 e. The third kappa shape index (κ3) is 3.39. The predicted octanol–water partition coefficient (Wildman–Crippen LogP) is 1.37. The zero-order valence-corrected chi connectivity index (χ0v) is 7.40. The molecule has 0 unspecified atom stereocenters. The molecule has 0 saturated carbocycles. The van der Waals surface area contributed by atoms with E-state index in [2.05, 4.69) is 16.1 Å². The molecule has 0 fully saturated rings. The molecular weight excluding hydrogens is 164 g/mol. The van der Waals surface area contributed by atoms with Gasteiger partial charge in [-0.2, -0.15) is 0 Å². The molecule has 0 aliphatic heterocycles. The van der Waals surface area contributed by atoms with Gasteiger partial charge in [0.2, 0.25) is 0 Å². The van der Waals surface area contributed by atoms with E-state index in [0.717, 1.165) is 11.3 Å². The van der Waals surface area contributed by atoms with Crippen LogP contribution in [0, 0.1) is 19.3 Å². The van der Waals surface area contributed by atoms with E-state index in [-0.39, 0.29) is 6.61 Å². The lowest BCUT2D eigenvalue weighted by molar-refractivity contribution is 0.181. The summed E-state index contributed by atoms with van der Waals surface area (Å²) >= 11 is 0. The fraction of sp³-hybridized carbons (Fsp3) is 0.200. The van der Waals surface area contributed by atoms with Crippen molar-refractivity contribution in [3.8, 4) is 12.3 Å². The second-order valence-corrected chi connectivity index (χ2v) is 2.47. The van der Waals surface area contributed by atoms with Crippen molar-refractivity contribution in [2.75, 3.05) is 6.61 Å². The number of rotatable bonds is 3. The molecule has 1 aromatic heterocycles. The maximum atomic E-state index is 4.96. The van der Waals surface area contributed by atoms with Crippen LogP contribution in [0.5, 0.6) is 0 Å². The summed E-state index contributed by atoms with van der Waals surface area (Å²) in [5.74, 6) is 2.31. The molecule has 0 aliphatic carbocycles. The molecule has 3 heteroatoms. The van der Waals surface area contributed by atoms with E-state index in [9.17, 15) is 0 Å². The Morgan fingerprint density at radius 1 is 1.69 bits per heavy atom. The van der Waals surface area contributed by atoms with Crippen molar-refractivity contribution in [3.05, 3.63) is 29.6 Å². The number of hydrogen-bond donors (Lipinski definition) is 0. The van der Waals surface area contributed by atoms with Crippen molar-refractivity contribution in [1.82, 2.24) is 4.98 Å². The van der Waals surface area contributed by atoms with Crippen LogP contribution < -0.4 is 0 Å². The Kier molecular flexibility index (Phi) is 3.52. The molecule has 0 bridgehead atoms. The molecule has 0 aromatic carbocycles. The van der Waals surface area contributed by atoms with Crippen LogP contribution in [0.1, 0.15) is 11.3 Å². The average molecular weight is 174 g/mol. The molecule has 0 radical (unpaired) electrons. The van der Waals surface area contributed by atoms with Gasteiger partial charge in [0.05, 0.1) is 11.9 Å². The van der Waals surface area contributed by atoms with Crippen molar-refractivity contribution in [2.24, 2.45) is 5.16 Å². The normalized spacial score (nSPS) is 9.85. The molecule has 0 amide bonds. The SMILES string of the molecule is C#CCO/N=C/c1ccc(C)cn1. The molecule has 1 rings (SSSR count). The Morgan fingerprint density at radius 2 is 2.54 bits per heavy atom. The van der Waals surface area contributed by atoms with Gasteiger partial charge in [-0.3, -0.25) is 4.98 Å². The summed E-state index contributed by atoms with van der Waals surface area (Å²) < 4.78 is 0. The predicted molar refractivity (Wildman–Crippen MR) is 51.4 cm³/mol. The van der Waals surface area contributed by atoms with Crippen LogP contribution in [0.2, 0.25) is 0 Å². The fourth-order valence-corrected chi connectivity index (χ4v) is 0.721. The van der Waals surface area contributed by atoms with Crippen LogP contribution in [-0.4, -0.2) is 17.8 Å². The van der Waals surface area contributed by atoms with Crippen molar-refractivity contribution in [3.63, 3.8) is 0 Å². The Balaban J connectivity index is 2.50. The first-order valence-electron chi connectivity index (χ1n) is 3.84. The number of aryl methyl sites for hydroxylation is 1. The van der Waals surface area contributed by atoms with E-state index in [1.54, 1.807) is 6.20 Å². The lowest BCUT2D eigenvalue weighted by Crippen LogP contribution is -1.89. The largest absolute Gasteiger partial charge is 0.383 e. The molecule has 1 heterocycles. The molecule has 0 saturated heterocycles. The van der Waals surface area contributed by atoms with Crippen LogP contribution in [0.25, 0.3) is 0 Å². The number of oxime groups is 1. The quantitative estimate of drug-likeness (QED) is 0.300. The maximum Gasteiger partial charge on any atom is 0.177 e. The van der Waals surface area contributed by atoms with Gasteiger partial charge in [0, 0.05) is 6.20 Å². The lowest BCUT2D eigenvalue weighted by atomic mass is 10.3. The standard InChI is InChI=1S/C10H10N2O/c1-3-6-13-12-8-10-5-4-9(2)7-11-10/h1,4-5,7-8H,6H2,2H3/b12-8+. The fourth-order valence-electron chi connectivity index (χ4n) is 0.721. The molecule has 66 valence electrons. The van der Waals surface area contributed by atoms with Gasteiger partial charge in [0.1, 0.15) is 0 Å². The van der Waals surface area contributed by atoms with E-state index >= 15 is 0 Å². The zero-order valence-electron chi connectivity index (χ0n) is 7.40. The highest BCUT2D eigenvalue weighted by atomic mass is 16.6. The van der Waals surface area contributed by atoms with Gasteiger partial charge in [0.15, 0.2) is 6.61 Å². The van der Waals surface area contributed by atoms with Gasteiger partial charge in [-0.1, -0.05) is 17.1 Å². The highest BCUT2D eigenvalue weighted by Gasteiger charge is 1.87. The minimum atomic E-state index is 0.183. The minimum absolute atomic E-state index is 0.183. The Labute approximate surface area is 77.4 Å². The van der Waals surface area contributed by atoms with Gasteiger partial charge in [-0.25, -0.2) is 0 Å². The first-order valence-corrected chi connectivity index (χ1v) is 3.84. The summed E-state index contributed by atoms with van der Waals surface area (Å²) in [7, 11) is 0. The smallest absolute Gasteiger partial charge is 0.177 e. The van der Waals surface area contributed by atoms with E-state index in [1.165, 1.54) is 6.21 Å². The Bertz CT molecular complexity index is 322. The second kappa shape index (κ2) is 4.94. The summed E-state index contributed by atoms with van der Waals surface area (Å²) in [6, 6.07) is 3.81. The third-order valence-corrected chi connectivity index (χ3v) is 1.34. The van der Waals surface area contributed by atoms with E-state index < -0.39 is 0 Å². The Hall–Kier alpha value is -1.82. The Morgan fingerprint density at radius 3 is 3.15 bits per heavy atom. The summed E-state index contributed by atoms with van der Waals surface area (Å²) in [6.45, 7) is 2.16. The van der Waals surface area contributed by atoms with Gasteiger partial charge in [-0.05, 0) is 18.6 Å². The summed E-state index contributed by atoms with van der Waals surface area (Å²) in [5.41, 5.74) is 1.87. The topological polar surface area (TPSA) is 34.5 Å². The van der Waals surface area contributed by atoms with Crippen LogP contribution >= 0.6 is 0 Å². The molecule has 0 spiro atoms. The highest BCUT2D eigenvalue weighted by molar-refractivity contribution is 5.76. The van der Waals surface area contributed by atoms with Crippen LogP contribution in [0.15, 0.2) is 23.5 Å². The monoisotopic (exact) mass is 174 g/mol. The average Bonchev–Trinajstić information content (AvgIpc) is 2.15. The van der Waals surface area contributed by atoms with E-state index in [1.807, 2.05) is 19.1 Å². The summed E-state index contributed by atoms with van der Waals surface area (Å²) in [5, 5.41) is 3.63. The van der Waals surface area contributed by atoms with Crippen LogP contribution in [-0.2, 0) is 4.84 Å². The first kappa shape index (κ1) is 9.27. The van der Waals surface area contributed by atoms with Crippen LogP contribution in [0.3, 0.4) is 0 Å². The van der Waals surface area contributed by atoms with Gasteiger partial charge >= 0.3 is 0 Å². The first-order chi connectivity index (χ1) is 6.33. The van der Waals surface area contributed by atoms with Crippen LogP contribution in [0.4, 0.5) is 0 Å². The van der Waals surface area contributed by atoms with Crippen molar-refractivity contribution in [1.29, 1.82) is 0 Å². The molecule has 0 N–H and O–H groups in total. The third-order valence-electron chi connectivity index (χ3n) is 1.34. The molecule has 13 heavy (non-hydrogen) atoms. The van der Waals surface area contributed by atoms with Crippen molar-refractivity contribution >= 4 is 6.21 Å². The van der Waals surface area contributed by atoms with E-state index in [0.29, 0.717) is 0 Å². The summed E-state index contributed by atoms with van der Waals surface area (Å²) in [6.07, 6.45) is 8.25. The maximum absolute atomic E-state index is 4.96. The van der Waals surface area contributed by atoms with Gasteiger partial charge < -0.3 is 4.84 Å². The number of nitrogens with zero attached hydrogens (tertiary/aromatic N) is 2. The number of aromatic nitrogens is 1. The zero-order chi connectivity index (χ0) is 9.52. The van der Waals surface area contributed by atoms with Crippen molar-refractivity contribution < 1.29 is 4.84 Å². The number of hydrogen-bond acceptors (Lipinski definition) is 3. The van der Waals surface area contributed by atoms with E-state index in [4.69, 9.17) is 11.3 Å². The lowest BCUT2D eigenvalue weighted by Gasteiger charge is -1.93. The van der Waals surface area contributed by atoms with Crippen molar-refractivity contribution in [2.45, 2.75) is 6.92 Å². The number of pyridine rings is 1. The highest BCUT2D eigenvalue weighted by Crippen LogP contribution is 1.95. The second-order valence-electron chi connectivity index (χ2n) is 2.47. The van der Waals surface area contributed by atoms with Gasteiger partial charge in [-0.15, -0.1) is 6.42 Å². The molecule has 3 nitrogen and oxygen atoms in total. The molecule has 0 aliphatic rings. The molecular formula is C10H10N2O. The molecule has 1 aromatic rings. The summed E-state index contributed by atoms with van der Waals surface area (Å²) in [4.78, 5) is 8.81. The van der Waals surface area contributed by atoms with Gasteiger partial charge in [0.25, 0.3) is 0 Å².